The number of carbonyl (C=O) groups excluding carboxylic acids is 1. The van der Waals surface area contributed by atoms with Crippen molar-refractivity contribution in [2.45, 2.75) is 19.4 Å². The number of carbonyl (C=O) groups is 1. The molecule has 5 nitrogen and oxygen atoms in total. The molecule has 0 aromatic carbocycles. The summed E-state index contributed by atoms with van der Waals surface area (Å²) in [7, 11) is 0. The topological polar surface area (TPSA) is 81.0 Å². The molecular formula is C8H12ClN3O2. The van der Waals surface area contributed by atoms with Gasteiger partial charge < -0.3 is 10.5 Å². The average molecular weight is 218 g/mol. The SMILES string of the molecule is CCOC(=O)C(N)Cc1[nH]ncc1Cl. The first-order chi connectivity index (χ1) is 6.65. The molecule has 1 rings (SSSR count). The summed E-state index contributed by atoms with van der Waals surface area (Å²) >= 11 is 5.76. The molecular weight excluding hydrogens is 206 g/mol. The molecule has 0 aliphatic carbocycles. The molecule has 3 N–H and O–H groups in total. The number of nitrogens with one attached hydrogen (secondary N) is 1. The molecule has 1 atom stereocenters. The van der Waals surface area contributed by atoms with Crippen LogP contribution in [-0.4, -0.2) is 28.8 Å². The van der Waals surface area contributed by atoms with Gasteiger partial charge in [-0.05, 0) is 6.92 Å². The molecule has 6 heteroatoms. The molecule has 1 aromatic rings. The molecule has 1 aromatic heterocycles. The van der Waals surface area contributed by atoms with Crippen LogP contribution in [0.25, 0.3) is 0 Å². The van der Waals surface area contributed by atoms with Gasteiger partial charge in [0.15, 0.2) is 0 Å². The van der Waals surface area contributed by atoms with Gasteiger partial charge in [0, 0.05) is 6.42 Å². The molecule has 0 radical (unpaired) electrons. The number of rotatable bonds is 4. The van der Waals surface area contributed by atoms with E-state index in [4.69, 9.17) is 22.1 Å². The van der Waals surface area contributed by atoms with Gasteiger partial charge in [0.2, 0.25) is 0 Å². The zero-order chi connectivity index (χ0) is 10.6. The number of halogens is 1. The van der Waals surface area contributed by atoms with Crippen molar-refractivity contribution in [1.82, 2.24) is 10.2 Å². The van der Waals surface area contributed by atoms with E-state index in [0.717, 1.165) is 0 Å². The summed E-state index contributed by atoms with van der Waals surface area (Å²) in [5, 5.41) is 6.86. The van der Waals surface area contributed by atoms with Crippen molar-refractivity contribution in [2.75, 3.05) is 6.61 Å². The van der Waals surface area contributed by atoms with E-state index in [9.17, 15) is 4.79 Å². The fraction of sp³-hybridized carbons (Fsp3) is 0.500. The third kappa shape index (κ3) is 2.71. The van der Waals surface area contributed by atoms with Gasteiger partial charge in [-0.2, -0.15) is 5.10 Å². The highest BCUT2D eigenvalue weighted by atomic mass is 35.5. The summed E-state index contributed by atoms with van der Waals surface area (Å²) in [5.41, 5.74) is 6.23. The number of hydrogen-bond acceptors (Lipinski definition) is 4. The first-order valence-electron chi connectivity index (χ1n) is 4.25. The second-order valence-corrected chi connectivity index (χ2v) is 3.17. The second-order valence-electron chi connectivity index (χ2n) is 2.76. The Morgan fingerprint density at radius 2 is 2.57 bits per heavy atom. The van der Waals surface area contributed by atoms with Crippen LogP contribution in [0, 0.1) is 0 Å². The first kappa shape index (κ1) is 11.0. The highest BCUT2D eigenvalue weighted by Gasteiger charge is 2.17. The van der Waals surface area contributed by atoms with Crippen molar-refractivity contribution in [3.05, 3.63) is 16.9 Å². The minimum absolute atomic E-state index is 0.303. The van der Waals surface area contributed by atoms with E-state index in [-0.39, 0.29) is 0 Å². The van der Waals surface area contributed by atoms with Crippen LogP contribution in [0.3, 0.4) is 0 Å². The van der Waals surface area contributed by atoms with E-state index in [1.807, 2.05) is 0 Å². The summed E-state index contributed by atoms with van der Waals surface area (Å²) in [6.45, 7) is 2.05. The molecule has 0 aliphatic rings. The second kappa shape index (κ2) is 4.97. The molecule has 0 aliphatic heterocycles. The molecule has 0 amide bonds. The number of hydrogen-bond donors (Lipinski definition) is 2. The number of H-pyrrole nitrogens is 1. The zero-order valence-electron chi connectivity index (χ0n) is 7.79. The molecule has 78 valence electrons. The van der Waals surface area contributed by atoms with Crippen molar-refractivity contribution in [3.8, 4) is 0 Å². The predicted octanol–water partition coefficient (Wildman–Crippen LogP) is 0.496. The first-order valence-corrected chi connectivity index (χ1v) is 4.63. The molecule has 1 unspecified atom stereocenters. The summed E-state index contributed by atoms with van der Waals surface area (Å²) in [6, 6.07) is -0.701. The minimum atomic E-state index is -0.701. The molecule has 0 saturated heterocycles. The van der Waals surface area contributed by atoms with Gasteiger partial charge in [-0.25, -0.2) is 0 Å². The maximum absolute atomic E-state index is 11.2. The maximum Gasteiger partial charge on any atom is 0.323 e. The summed E-state index contributed by atoms with van der Waals surface area (Å²) in [4.78, 5) is 11.2. The van der Waals surface area contributed by atoms with Crippen LogP contribution in [0.4, 0.5) is 0 Å². The lowest BCUT2D eigenvalue weighted by Gasteiger charge is -2.08. The Balaban J connectivity index is 2.52. The van der Waals surface area contributed by atoms with Gasteiger partial charge >= 0.3 is 5.97 Å². The Morgan fingerprint density at radius 1 is 1.86 bits per heavy atom. The normalized spacial score (nSPS) is 12.5. The van der Waals surface area contributed by atoms with Crippen LogP contribution in [0.1, 0.15) is 12.6 Å². The monoisotopic (exact) mass is 217 g/mol. The Bertz CT molecular complexity index is 313. The van der Waals surface area contributed by atoms with Crippen LogP contribution < -0.4 is 5.73 Å². The maximum atomic E-state index is 11.2. The molecule has 14 heavy (non-hydrogen) atoms. The summed E-state index contributed by atoms with van der Waals surface area (Å²) in [5.74, 6) is -0.432. The fourth-order valence-electron chi connectivity index (χ4n) is 0.994. The predicted molar refractivity (Wildman–Crippen MR) is 51.9 cm³/mol. The van der Waals surface area contributed by atoms with Crippen LogP contribution in [0.15, 0.2) is 6.20 Å². The van der Waals surface area contributed by atoms with E-state index in [1.165, 1.54) is 6.20 Å². The Morgan fingerprint density at radius 3 is 3.07 bits per heavy atom. The number of ether oxygens (including phenoxy) is 1. The van der Waals surface area contributed by atoms with Gasteiger partial charge in [0.05, 0.1) is 23.5 Å². The van der Waals surface area contributed by atoms with Crippen molar-refractivity contribution in [1.29, 1.82) is 0 Å². The lowest BCUT2D eigenvalue weighted by Crippen LogP contribution is -2.34. The molecule has 0 bridgehead atoms. The van der Waals surface area contributed by atoms with Gasteiger partial charge in [0.25, 0.3) is 0 Å². The molecule has 0 spiro atoms. The fourth-order valence-corrected chi connectivity index (χ4v) is 1.16. The standard InChI is InChI=1S/C8H12ClN3O2/c1-2-14-8(13)6(10)3-7-5(9)4-11-12-7/h4,6H,2-3,10H2,1H3,(H,11,12). The van der Waals surface area contributed by atoms with Gasteiger partial charge in [-0.1, -0.05) is 11.6 Å². The van der Waals surface area contributed by atoms with Crippen molar-refractivity contribution in [3.63, 3.8) is 0 Å². The zero-order valence-corrected chi connectivity index (χ0v) is 8.54. The third-order valence-electron chi connectivity index (χ3n) is 1.68. The largest absolute Gasteiger partial charge is 0.465 e. The van der Waals surface area contributed by atoms with Crippen molar-refractivity contribution >= 4 is 17.6 Å². The number of nitrogens with zero attached hydrogens (tertiary/aromatic N) is 1. The Kier molecular flexibility index (Phi) is 3.91. The van der Waals surface area contributed by atoms with Gasteiger partial charge in [-0.15, -0.1) is 0 Å². The van der Waals surface area contributed by atoms with Gasteiger partial charge in [0.1, 0.15) is 6.04 Å². The summed E-state index contributed by atoms with van der Waals surface area (Å²) < 4.78 is 4.75. The van der Waals surface area contributed by atoms with Crippen LogP contribution >= 0.6 is 11.6 Å². The van der Waals surface area contributed by atoms with E-state index in [0.29, 0.717) is 23.7 Å². The quantitative estimate of drug-likeness (QED) is 0.720. The van der Waals surface area contributed by atoms with Crippen LogP contribution in [-0.2, 0) is 16.0 Å². The highest BCUT2D eigenvalue weighted by Crippen LogP contribution is 2.13. The number of aromatic amines is 1. The van der Waals surface area contributed by atoms with E-state index in [1.54, 1.807) is 6.92 Å². The van der Waals surface area contributed by atoms with Gasteiger partial charge in [-0.3, -0.25) is 9.89 Å². The number of nitrogens with two attached hydrogens (primary N) is 1. The molecule has 0 saturated carbocycles. The van der Waals surface area contributed by atoms with Crippen molar-refractivity contribution in [2.24, 2.45) is 5.73 Å². The minimum Gasteiger partial charge on any atom is -0.465 e. The third-order valence-corrected chi connectivity index (χ3v) is 2.00. The van der Waals surface area contributed by atoms with Crippen LogP contribution in [0.2, 0.25) is 5.02 Å². The van der Waals surface area contributed by atoms with Crippen LogP contribution in [0.5, 0.6) is 0 Å². The number of aromatic nitrogens is 2. The average Bonchev–Trinajstić information content (AvgIpc) is 2.52. The highest BCUT2D eigenvalue weighted by molar-refractivity contribution is 6.31. The Labute approximate surface area is 86.6 Å². The summed E-state index contributed by atoms with van der Waals surface area (Å²) in [6.07, 6.45) is 1.77. The Hall–Kier alpha value is -1.07. The smallest absolute Gasteiger partial charge is 0.323 e. The van der Waals surface area contributed by atoms with E-state index in [2.05, 4.69) is 10.2 Å². The van der Waals surface area contributed by atoms with E-state index >= 15 is 0 Å². The molecule has 0 fully saturated rings. The van der Waals surface area contributed by atoms with Crippen molar-refractivity contribution < 1.29 is 9.53 Å². The lowest BCUT2D eigenvalue weighted by atomic mass is 10.2. The molecule has 1 heterocycles. The number of esters is 1. The van der Waals surface area contributed by atoms with E-state index < -0.39 is 12.0 Å². The lowest BCUT2D eigenvalue weighted by molar-refractivity contribution is -0.144.